The maximum absolute atomic E-state index is 11.3. The third-order valence-electron chi connectivity index (χ3n) is 4.87. The fourth-order valence-electron chi connectivity index (χ4n) is 4.03. The Labute approximate surface area is 133 Å². The smallest absolute Gasteiger partial charge is 0.408 e. The molecule has 0 saturated carbocycles. The zero-order valence-electron chi connectivity index (χ0n) is 14.4. The normalized spacial score (nSPS) is 22.9. The SMILES string of the molecule is CC(C)[Si](OC1CC(C(=O)O)N(C(=O)O)C1)(C(C)C)C(C)C. The fourth-order valence-corrected chi connectivity index (χ4v) is 9.59. The molecule has 1 saturated heterocycles. The molecule has 0 aliphatic carbocycles. The number of hydrogen-bond acceptors (Lipinski definition) is 3. The quantitative estimate of drug-likeness (QED) is 0.729. The van der Waals surface area contributed by atoms with Crippen molar-refractivity contribution >= 4 is 20.4 Å². The summed E-state index contributed by atoms with van der Waals surface area (Å²) in [6.45, 7) is 13.1. The van der Waals surface area contributed by atoms with Gasteiger partial charge in [0, 0.05) is 13.0 Å². The lowest BCUT2D eigenvalue weighted by atomic mass is 10.2. The molecule has 0 spiro atoms. The molecular weight excluding hydrogens is 302 g/mol. The van der Waals surface area contributed by atoms with E-state index in [2.05, 4.69) is 41.5 Å². The average molecular weight is 331 g/mol. The lowest BCUT2D eigenvalue weighted by Gasteiger charge is -2.44. The van der Waals surface area contributed by atoms with Crippen molar-refractivity contribution < 1.29 is 24.2 Å². The van der Waals surface area contributed by atoms with Gasteiger partial charge in [-0.25, -0.2) is 9.59 Å². The van der Waals surface area contributed by atoms with E-state index in [1.165, 1.54) is 0 Å². The van der Waals surface area contributed by atoms with Gasteiger partial charge in [-0.1, -0.05) is 41.5 Å². The summed E-state index contributed by atoms with van der Waals surface area (Å²) in [5.74, 6) is -1.10. The van der Waals surface area contributed by atoms with E-state index in [-0.39, 0.29) is 19.1 Å². The topological polar surface area (TPSA) is 87.1 Å². The van der Waals surface area contributed by atoms with Crippen LogP contribution in [-0.4, -0.2) is 54.2 Å². The molecule has 1 heterocycles. The molecule has 0 aromatic rings. The third-order valence-corrected chi connectivity index (χ3v) is 11.0. The molecule has 2 atom stereocenters. The van der Waals surface area contributed by atoms with E-state index in [4.69, 9.17) is 4.43 Å². The van der Waals surface area contributed by atoms with Crippen LogP contribution in [0.4, 0.5) is 4.79 Å². The predicted octanol–water partition coefficient (Wildman–Crippen LogP) is 3.38. The minimum atomic E-state index is -2.13. The van der Waals surface area contributed by atoms with Crippen LogP contribution in [-0.2, 0) is 9.22 Å². The molecule has 2 N–H and O–H groups in total. The van der Waals surface area contributed by atoms with Gasteiger partial charge in [-0.15, -0.1) is 0 Å². The van der Waals surface area contributed by atoms with Gasteiger partial charge in [-0.05, 0) is 16.6 Å². The van der Waals surface area contributed by atoms with Gasteiger partial charge >= 0.3 is 12.1 Å². The summed E-state index contributed by atoms with van der Waals surface area (Å²) < 4.78 is 6.51. The first-order valence-electron chi connectivity index (χ1n) is 7.94. The molecule has 1 aliphatic rings. The molecule has 1 fully saturated rings. The van der Waals surface area contributed by atoms with Gasteiger partial charge in [0.05, 0.1) is 6.10 Å². The lowest BCUT2D eigenvalue weighted by molar-refractivity contribution is -0.141. The first-order chi connectivity index (χ1) is 10.0. The van der Waals surface area contributed by atoms with Crippen molar-refractivity contribution in [2.45, 2.75) is 76.7 Å². The molecule has 6 nitrogen and oxygen atoms in total. The van der Waals surface area contributed by atoms with Crippen LogP contribution < -0.4 is 0 Å². The van der Waals surface area contributed by atoms with Crippen LogP contribution >= 0.6 is 0 Å². The minimum absolute atomic E-state index is 0.146. The van der Waals surface area contributed by atoms with Crippen LogP contribution in [0.3, 0.4) is 0 Å². The molecular formula is C15H29NO5Si. The Morgan fingerprint density at radius 1 is 1.05 bits per heavy atom. The van der Waals surface area contributed by atoms with E-state index in [1.807, 2.05) is 0 Å². The van der Waals surface area contributed by atoms with Crippen LogP contribution in [0.15, 0.2) is 0 Å². The van der Waals surface area contributed by atoms with Crippen LogP contribution in [0, 0.1) is 0 Å². The monoisotopic (exact) mass is 331 g/mol. The number of nitrogens with zero attached hydrogens (tertiary/aromatic N) is 1. The van der Waals surface area contributed by atoms with E-state index in [0.717, 1.165) is 4.90 Å². The Morgan fingerprint density at radius 3 is 1.77 bits per heavy atom. The standard InChI is InChI=1S/C15H29NO5Si/c1-9(2)22(10(3)4,11(5)6)21-12-7-13(14(17)18)16(8-12)15(19)20/h9-13H,7-8H2,1-6H3,(H,17,18)(H,19,20). The van der Waals surface area contributed by atoms with E-state index in [9.17, 15) is 19.8 Å². The molecule has 7 heteroatoms. The van der Waals surface area contributed by atoms with Gasteiger partial charge in [0.2, 0.25) is 8.32 Å². The van der Waals surface area contributed by atoms with E-state index in [1.54, 1.807) is 0 Å². The molecule has 0 radical (unpaired) electrons. The van der Waals surface area contributed by atoms with Crippen LogP contribution in [0.25, 0.3) is 0 Å². The first-order valence-corrected chi connectivity index (χ1v) is 10.1. The average Bonchev–Trinajstić information content (AvgIpc) is 2.78. The highest BCUT2D eigenvalue weighted by atomic mass is 28.4. The Hall–Kier alpha value is -1.08. The van der Waals surface area contributed by atoms with E-state index >= 15 is 0 Å². The highest BCUT2D eigenvalue weighted by molar-refractivity contribution is 6.77. The van der Waals surface area contributed by atoms with Crippen LogP contribution in [0.1, 0.15) is 48.0 Å². The number of likely N-dealkylation sites (tertiary alicyclic amines) is 1. The number of hydrogen-bond donors (Lipinski definition) is 2. The third kappa shape index (κ3) is 3.46. The summed E-state index contributed by atoms with van der Waals surface area (Å²) in [7, 11) is -2.13. The minimum Gasteiger partial charge on any atom is -0.480 e. The number of amides is 1. The Bertz CT molecular complexity index is 380. The van der Waals surface area contributed by atoms with Crippen LogP contribution in [0.2, 0.25) is 16.6 Å². The zero-order chi connectivity index (χ0) is 17.2. The second kappa shape index (κ2) is 7.00. The summed E-state index contributed by atoms with van der Waals surface area (Å²) in [6.07, 6.45) is -1.27. The summed E-state index contributed by atoms with van der Waals surface area (Å²) >= 11 is 0. The lowest BCUT2D eigenvalue weighted by Crippen LogP contribution is -2.50. The largest absolute Gasteiger partial charge is 0.480 e. The van der Waals surface area contributed by atoms with Crippen molar-refractivity contribution in [3.63, 3.8) is 0 Å². The number of carboxylic acid groups (broad SMARTS) is 2. The maximum atomic E-state index is 11.3. The van der Waals surface area contributed by atoms with Crippen molar-refractivity contribution in [3.8, 4) is 0 Å². The summed E-state index contributed by atoms with van der Waals surface area (Å²) in [5, 5.41) is 18.4. The zero-order valence-corrected chi connectivity index (χ0v) is 15.4. The highest BCUT2D eigenvalue weighted by Crippen LogP contribution is 2.44. The number of carboxylic acids is 1. The van der Waals surface area contributed by atoms with E-state index in [0.29, 0.717) is 16.6 Å². The van der Waals surface area contributed by atoms with Crippen molar-refractivity contribution in [2.24, 2.45) is 0 Å². The molecule has 1 rings (SSSR count). The molecule has 0 bridgehead atoms. The van der Waals surface area contributed by atoms with Crippen molar-refractivity contribution in [2.75, 3.05) is 6.54 Å². The highest BCUT2D eigenvalue weighted by Gasteiger charge is 2.50. The van der Waals surface area contributed by atoms with Gasteiger partial charge in [0.1, 0.15) is 6.04 Å². The van der Waals surface area contributed by atoms with Gasteiger partial charge in [0.25, 0.3) is 0 Å². The Balaban J connectivity index is 3.01. The fraction of sp³-hybridized carbons (Fsp3) is 0.867. The van der Waals surface area contributed by atoms with Gasteiger partial charge < -0.3 is 14.6 Å². The second-order valence-electron chi connectivity index (χ2n) is 7.08. The summed E-state index contributed by atoms with van der Waals surface area (Å²) in [5.41, 5.74) is 1.15. The molecule has 1 aliphatic heterocycles. The molecule has 0 aromatic heterocycles. The molecule has 128 valence electrons. The number of carbonyl (C=O) groups is 2. The van der Waals surface area contributed by atoms with Gasteiger partial charge in [-0.3, -0.25) is 4.90 Å². The molecule has 22 heavy (non-hydrogen) atoms. The first kappa shape index (κ1) is 19.0. The van der Waals surface area contributed by atoms with E-state index < -0.39 is 26.4 Å². The van der Waals surface area contributed by atoms with Gasteiger partial charge in [-0.2, -0.15) is 0 Å². The van der Waals surface area contributed by atoms with Crippen molar-refractivity contribution in [1.29, 1.82) is 0 Å². The summed E-state index contributed by atoms with van der Waals surface area (Å²) in [6, 6.07) is -0.999. The van der Waals surface area contributed by atoms with Crippen molar-refractivity contribution in [3.05, 3.63) is 0 Å². The number of aliphatic carboxylic acids is 1. The molecule has 2 unspecified atom stereocenters. The number of rotatable bonds is 6. The molecule has 1 amide bonds. The van der Waals surface area contributed by atoms with Gasteiger partial charge in [0.15, 0.2) is 0 Å². The molecule has 0 aromatic carbocycles. The van der Waals surface area contributed by atoms with Crippen LogP contribution in [0.5, 0.6) is 0 Å². The summed E-state index contributed by atoms with van der Waals surface area (Å²) in [4.78, 5) is 23.5. The maximum Gasteiger partial charge on any atom is 0.408 e. The Morgan fingerprint density at radius 2 is 1.50 bits per heavy atom. The predicted molar refractivity (Wildman–Crippen MR) is 86.7 cm³/mol. The van der Waals surface area contributed by atoms with Crippen molar-refractivity contribution in [1.82, 2.24) is 4.90 Å². The second-order valence-corrected chi connectivity index (χ2v) is 12.5. The Kier molecular flexibility index (Phi) is 6.03.